The third-order valence-electron chi connectivity index (χ3n) is 8.10. The highest BCUT2D eigenvalue weighted by Crippen LogP contribution is 2.41. The van der Waals surface area contributed by atoms with Crippen LogP contribution in [0.15, 0.2) is 84.0 Å². The van der Waals surface area contributed by atoms with E-state index in [0.717, 1.165) is 55.8 Å². The van der Waals surface area contributed by atoms with E-state index in [1.54, 1.807) is 12.4 Å². The lowest BCUT2D eigenvalue weighted by atomic mass is 9.96. The molecule has 1 heterocycles. The molecule has 0 amide bonds. The molecule has 1 unspecified atom stereocenters. The second-order valence-corrected chi connectivity index (χ2v) is 10.7. The second-order valence-electron chi connectivity index (χ2n) is 10.7. The normalized spacial score (nSPS) is 16.8. The first kappa shape index (κ1) is 27.9. The fraction of sp³-hybridized carbons (Fsp3) is 0.343. The average molecular weight is 537 g/mol. The van der Waals surface area contributed by atoms with Crippen molar-refractivity contribution in [1.29, 1.82) is 0 Å². The molecule has 3 aromatic rings. The van der Waals surface area contributed by atoms with Gasteiger partial charge in [-0.15, -0.1) is 0 Å². The number of likely N-dealkylation sites (tertiary alicyclic amines) is 1. The van der Waals surface area contributed by atoms with E-state index in [0.29, 0.717) is 13.2 Å². The van der Waals surface area contributed by atoms with Crippen LogP contribution >= 0.6 is 0 Å². The average Bonchev–Trinajstić information content (AvgIpc) is 3.45. The van der Waals surface area contributed by atoms with Crippen LogP contribution in [0.25, 0.3) is 11.1 Å². The minimum atomic E-state index is 0.194. The number of aliphatic hydroxyl groups excluding tert-OH is 1. The first-order chi connectivity index (χ1) is 19.6. The van der Waals surface area contributed by atoms with Gasteiger partial charge in [-0.2, -0.15) is 0 Å². The molecule has 0 saturated carbocycles. The SMILES string of the molecule is C=C(C=N/C=C\C)COc1cc(OCc2cccc(-c3ccccc3)c2C)c2c(c1CN1CCC1CO)CCC2. The highest BCUT2D eigenvalue weighted by atomic mass is 16.5. The Balaban J connectivity index is 1.42. The number of hydrogen-bond acceptors (Lipinski definition) is 5. The quantitative estimate of drug-likeness (QED) is 0.258. The summed E-state index contributed by atoms with van der Waals surface area (Å²) in [7, 11) is 0. The number of rotatable bonds is 12. The monoisotopic (exact) mass is 536 g/mol. The second kappa shape index (κ2) is 13.1. The molecule has 0 aromatic heterocycles. The van der Waals surface area contributed by atoms with Crippen LogP contribution in [0, 0.1) is 6.92 Å². The first-order valence-electron chi connectivity index (χ1n) is 14.3. The van der Waals surface area contributed by atoms with Gasteiger partial charge in [0.1, 0.15) is 24.7 Å². The minimum absolute atomic E-state index is 0.194. The van der Waals surface area contributed by atoms with Gasteiger partial charge in [-0.05, 0) is 72.9 Å². The van der Waals surface area contributed by atoms with Gasteiger partial charge in [0.25, 0.3) is 0 Å². The topological polar surface area (TPSA) is 54.3 Å². The van der Waals surface area contributed by atoms with Crippen molar-refractivity contribution in [3.63, 3.8) is 0 Å². The Labute approximate surface area is 238 Å². The number of fused-ring (bicyclic) bond motifs is 1. The Morgan fingerprint density at radius 2 is 1.90 bits per heavy atom. The summed E-state index contributed by atoms with van der Waals surface area (Å²) in [6, 6.07) is 19.3. The number of hydrogen-bond donors (Lipinski definition) is 1. The third kappa shape index (κ3) is 6.22. The number of nitrogens with zero attached hydrogens (tertiary/aromatic N) is 2. The van der Waals surface area contributed by atoms with E-state index in [2.05, 4.69) is 71.9 Å². The molecule has 1 aliphatic carbocycles. The van der Waals surface area contributed by atoms with E-state index in [1.165, 1.54) is 38.9 Å². The summed E-state index contributed by atoms with van der Waals surface area (Å²) >= 11 is 0. The molecular formula is C35H40N2O3. The van der Waals surface area contributed by atoms with Crippen molar-refractivity contribution in [2.75, 3.05) is 19.8 Å². The van der Waals surface area contributed by atoms with Gasteiger partial charge in [0.2, 0.25) is 0 Å². The molecule has 1 aliphatic heterocycles. The molecule has 1 saturated heterocycles. The van der Waals surface area contributed by atoms with Crippen molar-refractivity contribution in [2.45, 2.75) is 58.7 Å². The summed E-state index contributed by atoms with van der Waals surface area (Å²) in [5, 5.41) is 9.79. The summed E-state index contributed by atoms with van der Waals surface area (Å²) in [4.78, 5) is 6.60. The highest BCUT2D eigenvalue weighted by Gasteiger charge is 2.31. The molecule has 5 nitrogen and oxygen atoms in total. The van der Waals surface area contributed by atoms with Crippen molar-refractivity contribution in [3.05, 3.63) is 107 Å². The van der Waals surface area contributed by atoms with Crippen molar-refractivity contribution in [3.8, 4) is 22.6 Å². The zero-order chi connectivity index (χ0) is 27.9. The summed E-state index contributed by atoms with van der Waals surface area (Å²) in [5.74, 6) is 1.75. The predicted molar refractivity (Wildman–Crippen MR) is 163 cm³/mol. The van der Waals surface area contributed by atoms with Gasteiger partial charge in [0.05, 0.1) is 6.61 Å². The van der Waals surface area contributed by atoms with E-state index < -0.39 is 0 Å². The van der Waals surface area contributed by atoms with Gasteiger partial charge < -0.3 is 14.6 Å². The Morgan fingerprint density at radius 1 is 1.07 bits per heavy atom. The van der Waals surface area contributed by atoms with Crippen LogP contribution in [0.3, 0.4) is 0 Å². The van der Waals surface area contributed by atoms with Crippen molar-refractivity contribution < 1.29 is 14.6 Å². The van der Waals surface area contributed by atoms with E-state index in [1.807, 2.05) is 19.1 Å². The molecule has 1 N–H and O–H groups in total. The third-order valence-corrected chi connectivity index (χ3v) is 8.10. The number of allylic oxidation sites excluding steroid dienone is 1. The summed E-state index contributed by atoms with van der Waals surface area (Å²) < 4.78 is 13.0. The van der Waals surface area contributed by atoms with Crippen LogP contribution in [-0.4, -0.2) is 42.0 Å². The van der Waals surface area contributed by atoms with Crippen LogP contribution in [0.5, 0.6) is 11.5 Å². The molecule has 40 heavy (non-hydrogen) atoms. The number of aliphatic imine (C=N–C) groups is 1. The first-order valence-corrected chi connectivity index (χ1v) is 14.3. The fourth-order valence-electron chi connectivity index (χ4n) is 5.70. The maximum atomic E-state index is 9.79. The number of aliphatic hydroxyl groups is 1. The Kier molecular flexibility index (Phi) is 9.15. The molecule has 0 radical (unpaired) electrons. The summed E-state index contributed by atoms with van der Waals surface area (Å²) in [6.45, 7) is 11.0. The number of benzene rings is 3. The van der Waals surface area contributed by atoms with Gasteiger partial charge in [-0.1, -0.05) is 61.2 Å². The van der Waals surface area contributed by atoms with Crippen LogP contribution in [0.4, 0.5) is 0 Å². The molecule has 1 atom stereocenters. The molecule has 1 fully saturated rings. The summed E-state index contributed by atoms with van der Waals surface area (Å²) in [5.41, 5.74) is 9.54. The van der Waals surface area contributed by atoms with Crippen LogP contribution < -0.4 is 9.47 Å². The number of ether oxygens (including phenoxy) is 2. The van der Waals surface area contributed by atoms with Gasteiger partial charge >= 0.3 is 0 Å². The summed E-state index contributed by atoms with van der Waals surface area (Å²) in [6.07, 6.45) is 9.53. The Bertz CT molecular complexity index is 1390. The molecule has 3 aromatic carbocycles. The molecule has 5 heteroatoms. The van der Waals surface area contributed by atoms with Gasteiger partial charge in [0.15, 0.2) is 0 Å². The lowest BCUT2D eigenvalue weighted by molar-refractivity contribution is 0.0348. The van der Waals surface area contributed by atoms with Gasteiger partial charge in [-0.25, -0.2) is 0 Å². The van der Waals surface area contributed by atoms with E-state index in [9.17, 15) is 5.11 Å². The lowest BCUT2D eigenvalue weighted by Crippen LogP contribution is -2.49. The Morgan fingerprint density at radius 3 is 2.65 bits per heavy atom. The van der Waals surface area contributed by atoms with E-state index in [4.69, 9.17) is 9.47 Å². The minimum Gasteiger partial charge on any atom is -0.488 e. The fourth-order valence-corrected chi connectivity index (χ4v) is 5.70. The predicted octanol–water partition coefficient (Wildman–Crippen LogP) is 6.84. The van der Waals surface area contributed by atoms with Crippen molar-refractivity contribution >= 4 is 6.21 Å². The molecule has 0 spiro atoms. The van der Waals surface area contributed by atoms with Crippen LogP contribution in [0.1, 0.15) is 47.6 Å². The zero-order valence-corrected chi connectivity index (χ0v) is 23.7. The van der Waals surface area contributed by atoms with Crippen molar-refractivity contribution in [2.24, 2.45) is 4.99 Å². The maximum absolute atomic E-state index is 9.79. The lowest BCUT2D eigenvalue weighted by Gasteiger charge is -2.40. The Hall–Kier alpha value is -3.67. The zero-order valence-electron chi connectivity index (χ0n) is 23.7. The molecular weight excluding hydrogens is 496 g/mol. The molecule has 208 valence electrons. The smallest absolute Gasteiger partial charge is 0.128 e. The largest absolute Gasteiger partial charge is 0.488 e. The van der Waals surface area contributed by atoms with Gasteiger partial charge in [0, 0.05) is 48.7 Å². The van der Waals surface area contributed by atoms with Gasteiger partial charge in [-0.3, -0.25) is 9.89 Å². The maximum Gasteiger partial charge on any atom is 0.128 e. The van der Waals surface area contributed by atoms with E-state index in [-0.39, 0.29) is 12.6 Å². The van der Waals surface area contributed by atoms with Crippen LogP contribution in [-0.2, 0) is 26.0 Å². The molecule has 0 bridgehead atoms. The molecule has 5 rings (SSSR count). The molecule has 2 aliphatic rings. The highest BCUT2D eigenvalue weighted by molar-refractivity contribution is 5.78. The van der Waals surface area contributed by atoms with Crippen molar-refractivity contribution in [1.82, 2.24) is 4.90 Å². The van der Waals surface area contributed by atoms with E-state index >= 15 is 0 Å². The van der Waals surface area contributed by atoms with Crippen LogP contribution in [0.2, 0.25) is 0 Å². The standard InChI is InChI=1S/C35H40N2O3/c1-4-17-36-20-25(2)23-39-35-19-34(32-15-9-14-31(32)33(35)21-37-18-16-29(37)22-38)40-24-28-12-8-13-30(26(28)3)27-10-6-5-7-11-27/h4-8,10-13,17,19-20,29,38H,2,9,14-16,18,21-24H2,1,3H3/b17-4-,36-20?.